The molecule has 1 N–H and O–H groups in total. The molecule has 1 aromatic carbocycles. The number of carbonyl (C=O) groups is 1. The quantitative estimate of drug-likeness (QED) is 0.855. The lowest BCUT2D eigenvalue weighted by atomic mass is 9.96. The van der Waals surface area contributed by atoms with Gasteiger partial charge in [0.25, 0.3) is 0 Å². The van der Waals surface area contributed by atoms with Crippen molar-refractivity contribution in [2.24, 2.45) is 5.92 Å². The zero-order valence-electron chi connectivity index (χ0n) is 14.5. The van der Waals surface area contributed by atoms with E-state index in [1.807, 2.05) is 12.1 Å². The Kier molecular flexibility index (Phi) is 6.24. The standard InChI is InChI=1S/C19H28N2O3/c1-15-2-4-16(5-3-15)12-19(22)20-13-18(17-6-9-24-14-17)21-7-10-23-11-8-21/h2-5,17-18H,6-14H2,1H3,(H,20,22)/t17-,18+/m0/s1. The fourth-order valence-electron chi connectivity index (χ4n) is 3.53. The van der Waals surface area contributed by atoms with Crippen LogP contribution in [0.2, 0.25) is 0 Å². The zero-order valence-corrected chi connectivity index (χ0v) is 14.5. The zero-order chi connectivity index (χ0) is 16.8. The number of ether oxygens (including phenoxy) is 2. The second-order valence-electron chi connectivity index (χ2n) is 6.81. The van der Waals surface area contributed by atoms with Gasteiger partial charge in [-0.25, -0.2) is 0 Å². The van der Waals surface area contributed by atoms with Gasteiger partial charge in [-0.05, 0) is 18.9 Å². The number of hydrogen-bond acceptors (Lipinski definition) is 4. The summed E-state index contributed by atoms with van der Waals surface area (Å²) in [6.45, 7) is 7.82. The predicted molar refractivity (Wildman–Crippen MR) is 93.0 cm³/mol. The van der Waals surface area contributed by atoms with E-state index < -0.39 is 0 Å². The maximum absolute atomic E-state index is 12.3. The topological polar surface area (TPSA) is 50.8 Å². The molecule has 0 radical (unpaired) electrons. The largest absolute Gasteiger partial charge is 0.381 e. The van der Waals surface area contributed by atoms with E-state index in [1.165, 1.54) is 5.56 Å². The number of amides is 1. The van der Waals surface area contributed by atoms with Crippen LogP contribution < -0.4 is 5.32 Å². The van der Waals surface area contributed by atoms with Crippen LogP contribution in [-0.4, -0.2) is 62.9 Å². The van der Waals surface area contributed by atoms with Crippen molar-refractivity contribution < 1.29 is 14.3 Å². The molecule has 1 aromatic rings. The van der Waals surface area contributed by atoms with Gasteiger partial charge in [-0.1, -0.05) is 29.8 Å². The number of nitrogens with one attached hydrogen (secondary N) is 1. The van der Waals surface area contributed by atoms with Gasteiger partial charge in [-0.15, -0.1) is 0 Å². The van der Waals surface area contributed by atoms with Crippen molar-refractivity contribution in [3.05, 3.63) is 35.4 Å². The van der Waals surface area contributed by atoms with Crippen LogP contribution >= 0.6 is 0 Å². The van der Waals surface area contributed by atoms with Gasteiger partial charge in [0, 0.05) is 38.2 Å². The first-order valence-corrected chi connectivity index (χ1v) is 8.94. The third-order valence-electron chi connectivity index (χ3n) is 5.02. The minimum absolute atomic E-state index is 0.0935. The Bertz CT molecular complexity index is 520. The lowest BCUT2D eigenvalue weighted by Gasteiger charge is -2.37. The first-order valence-electron chi connectivity index (χ1n) is 8.94. The van der Waals surface area contributed by atoms with Crippen molar-refractivity contribution >= 4 is 5.91 Å². The first kappa shape index (κ1) is 17.4. The molecule has 1 amide bonds. The molecule has 2 heterocycles. The van der Waals surface area contributed by atoms with Crippen LogP contribution in [0.1, 0.15) is 17.5 Å². The van der Waals surface area contributed by atoms with E-state index in [0.29, 0.717) is 24.9 Å². The molecule has 0 aliphatic carbocycles. The Labute approximate surface area is 144 Å². The summed E-state index contributed by atoms with van der Waals surface area (Å²) < 4.78 is 11.0. The van der Waals surface area contributed by atoms with Crippen LogP contribution in [0, 0.1) is 12.8 Å². The SMILES string of the molecule is Cc1ccc(CC(=O)NC[C@H]([C@H]2CCOC2)N2CCOCC2)cc1. The average Bonchev–Trinajstić information content (AvgIpc) is 3.12. The summed E-state index contributed by atoms with van der Waals surface area (Å²) >= 11 is 0. The molecule has 132 valence electrons. The molecular weight excluding hydrogens is 304 g/mol. The van der Waals surface area contributed by atoms with Crippen LogP contribution in [0.3, 0.4) is 0 Å². The van der Waals surface area contributed by atoms with Gasteiger partial charge in [0.1, 0.15) is 0 Å². The predicted octanol–water partition coefficient (Wildman–Crippen LogP) is 1.39. The maximum atomic E-state index is 12.3. The van der Waals surface area contributed by atoms with E-state index in [1.54, 1.807) is 0 Å². The van der Waals surface area contributed by atoms with Gasteiger partial charge in [0.2, 0.25) is 5.91 Å². The summed E-state index contributed by atoms with van der Waals surface area (Å²) in [4.78, 5) is 14.8. The van der Waals surface area contributed by atoms with Crippen molar-refractivity contribution in [3.8, 4) is 0 Å². The average molecular weight is 332 g/mol. The highest BCUT2D eigenvalue weighted by molar-refractivity contribution is 5.78. The van der Waals surface area contributed by atoms with Gasteiger partial charge in [0.15, 0.2) is 0 Å². The van der Waals surface area contributed by atoms with E-state index in [4.69, 9.17) is 9.47 Å². The number of benzene rings is 1. The Morgan fingerprint density at radius 2 is 1.96 bits per heavy atom. The Balaban J connectivity index is 1.53. The molecule has 0 aromatic heterocycles. The maximum Gasteiger partial charge on any atom is 0.224 e. The summed E-state index contributed by atoms with van der Waals surface area (Å²) in [5.41, 5.74) is 2.28. The molecule has 0 unspecified atom stereocenters. The van der Waals surface area contributed by atoms with E-state index in [9.17, 15) is 4.79 Å². The molecule has 24 heavy (non-hydrogen) atoms. The highest BCUT2D eigenvalue weighted by Gasteiger charge is 2.31. The molecule has 0 saturated carbocycles. The monoisotopic (exact) mass is 332 g/mol. The van der Waals surface area contributed by atoms with Gasteiger partial charge in [-0.2, -0.15) is 0 Å². The van der Waals surface area contributed by atoms with E-state index in [2.05, 4.69) is 29.3 Å². The number of morpholine rings is 1. The van der Waals surface area contributed by atoms with Crippen molar-refractivity contribution in [1.29, 1.82) is 0 Å². The third-order valence-corrected chi connectivity index (χ3v) is 5.02. The van der Waals surface area contributed by atoms with Crippen LogP contribution in [-0.2, 0) is 20.7 Å². The third kappa shape index (κ3) is 4.79. The summed E-state index contributed by atoms with van der Waals surface area (Å²) in [5.74, 6) is 0.596. The fraction of sp³-hybridized carbons (Fsp3) is 0.632. The first-order chi connectivity index (χ1) is 11.7. The molecule has 3 rings (SSSR count). The summed E-state index contributed by atoms with van der Waals surface area (Å²) in [6.07, 6.45) is 1.52. The molecule has 0 spiro atoms. The van der Waals surface area contributed by atoms with Crippen molar-refractivity contribution in [1.82, 2.24) is 10.2 Å². The minimum atomic E-state index is 0.0935. The molecule has 5 nitrogen and oxygen atoms in total. The number of rotatable bonds is 6. The second-order valence-corrected chi connectivity index (χ2v) is 6.81. The molecule has 2 fully saturated rings. The molecule has 2 atom stereocenters. The Morgan fingerprint density at radius 1 is 1.21 bits per heavy atom. The van der Waals surface area contributed by atoms with E-state index in [-0.39, 0.29) is 5.91 Å². The molecule has 0 bridgehead atoms. The summed E-state index contributed by atoms with van der Waals surface area (Å²) in [7, 11) is 0. The normalized spacial score (nSPS) is 23.1. The summed E-state index contributed by atoms with van der Waals surface area (Å²) in [6, 6.07) is 8.50. The Hall–Kier alpha value is -1.43. The molecule has 2 saturated heterocycles. The van der Waals surface area contributed by atoms with Crippen molar-refractivity contribution in [2.45, 2.75) is 25.8 Å². The number of nitrogens with zero attached hydrogens (tertiary/aromatic N) is 1. The van der Waals surface area contributed by atoms with Crippen LogP contribution in [0.4, 0.5) is 0 Å². The highest BCUT2D eigenvalue weighted by Crippen LogP contribution is 2.21. The van der Waals surface area contributed by atoms with Gasteiger partial charge >= 0.3 is 0 Å². The highest BCUT2D eigenvalue weighted by atomic mass is 16.5. The molecular formula is C19H28N2O3. The second kappa shape index (κ2) is 8.60. The number of hydrogen-bond donors (Lipinski definition) is 1. The molecule has 5 heteroatoms. The Morgan fingerprint density at radius 3 is 2.62 bits per heavy atom. The van der Waals surface area contributed by atoms with E-state index >= 15 is 0 Å². The van der Waals surface area contributed by atoms with Crippen LogP contribution in [0.25, 0.3) is 0 Å². The van der Waals surface area contributed by atoms with Crippen molar-refractivity contribution in [2.75, 3.05) is 46.1 Å². The number of carbonyl (C=O) groups excluding carboxylic acids is 1. The van der Waals surface area contributed by atoms with Gasteiger partial charge in [-0.3, -0.25) is 9.69 Å². The van der Waals surface area contributed by atoms with E-state index in [0.717, 1.165) is 51.5 Å². The molecule has 2 aliphatic heterocycles. The smallest absolute Gasteiger partial charge is 0.224 e. The fourth-order valence-corrected chi connectivity index (χ4v) is 3.53. The van der Waals surface area contributed by atoms with Crippen LogP contribution in [0.5, 0.6) is 0 Å². The lowest BCUT2D eigenvalue weighted by molar-refractivity contribution is -0.120. The summed E-state index contributed by atoms with van der Waals surface area (Å²) in [5, 5.41) is 3.14. The minimum Gasteiger partial charge on any atom is -0.381 e. The number of aryl methyl sites for hydroxylation is 1. The molecule has 2 aliphatic rings. The van der Waals surface area contributed by atoms with Gasteiger partial charge in [0.05, 0.1) is 26.2 Å². The lowest BCUT2D eigenvalue weighted by Crippen LogP contribution is -2.52. The van der Waals surface area contributed by atoms with Crippen molar-refractivity contribution in [3.63, 3.8) is 0 Å². The van der Waals surface area contributed by atoms with Gasteiger partial charge < -0.3 is 14.8 Å². The van der Waals surface area contributed by atoms with Crippen LogP contribution in [0.15, 0.2) is 24.3 Å².